The Morgan fingerprint density at radius 1 is 1.17 bits per heavy atom. The summed E-state index contributed by atoms with van der Waals surface area (Å²) in [6.07, 6.45) is 1.64. The maximum atomic E-state index is 12.6. The normalized spacial score (nSPS) is 10.7. The molecule has 4 aromatic rings. The van der Waals surface area contributed by atoms with Crippen LogP contribution in [0.3, 0.4) is 0 Å². The minimum atomic E-state index is -0.508. The molecule has 0 atom stereocenters. The molecule has 0 radical (unpaired) electrons. The lowest BCUT2D eigenvalue weighted by Gasteiger charge is -2.03. The van der Waals surface area contributed by atoms with Crippen molar-refractivity contribution in [1.29, 1.82) is 0 Å². The Morgan fingerprint density at radius 3 is 2.73 bits per heavy atom. The van der Waals surface area contributed by atoms with Crippen molar-refractivity contribution in [2.75, 3.05) is 12.4 Å². The van der Waals surface area contributed by atoms with E-state index < -0.39 is 11.9 Å². The van der Waals surface area contributed by atoms with Crippen LogP contribution in [0.25, 0.3) is 11.4 Å². The molecule has 3 aromatic heterocycles. The number of hydrogen-bond donors (Lipinski definition) is 1. The van der Waals surface area contributed by atoms with Gasteiger partial charge in [-0.25, -0.2) is 9.48 Å². The molecule has 4 rings (SSSR count). The van der Waals surface area contributed by atoms with Gasteiger partial charge < -0.3 is 10.1 Å². The summed E-state index contributed by atoms with van der Waals surface area (Å²) in [5, 5.41) is 19.8. The van der Waals surface area contributed by atoms with Crippen molar-refractivity contribution in [3.63, 3.8) is 0 Å². The number of esters is 1. The molecule has 1 N–H and O–H groups in total. The SMILES string of the molecule is COC(=O)c1cc(C)sc1NC(=O)c1ccn(Cn2nnc(-c3ccccc3)n2)n1. The molecule has 1 aromatic carbocycles. The molecule has 152 valence electrons. The number of tetrazole rings is 1. The van der Waals surface area contributed by atoms with E-state index in [0.717, 1.165) is 10.4 Å². The maximum Gasteiger partial charge on any atom is 0.340 e. The molecule has 0 saturated carbocycles. The molecule has 11 heteroatoms. The molecule has 0 fully saturated rings. The highest BCUT2D eigenvalue weighted by Crippen LogP contribution is 2.28. The van der Waals surface area contributed by atoms with Gasteiger partial charge in [-0.2, -0.15) is 5.10 Å². The van der Waals surface area contributed by atoms with Crippen LogP contribution in [0.5, 0.6) is 0 Å². The van der Waals surface area contributed by atoms with E-state index >= 15 is 0 Å². The van der Waals surface area contributed by atoms with Crippen molar-refractivity contribution in [1.82, 2.24) is 30.0 Å². The number of amides is 1. The lowest BCUT2D eigenvalue weighted by atomic mass is 10.2. The van der Waals surface area contributed by atoms with Gasteiger partial charge in [-0.3, -0.25) is 4.79 Å². The number of benzene rings is 1. The summed E-state index contributed by atoms with van der Waals surface area (Å²) < 4.78 is 6.28. The van der Waals surface area contributed by atoms with Crippen molar-refractivity contribution in [3.8, 4) is 11.4 Å². The van der Waals surface area contributed by atoms with Crippen LogP contribution in [-0.2, 0) is 11.4 Å². The van der Waals surface area contributed by atoms with E-state index in [-0.39, 0.29) is 12.4 Å². The lowest BCUT2D eigenvalue weighted by molar-refractivity contribution is 0.0602. The van der Waals surface area contributed by atoms with Gasteiger partial charge >= 0.3 is 5.97 Å². The Hall–Kier alpha value is -3.86. The third-order valence-electron chi connectivity index (χ3n) is 4.12. The Labute approximate surface area is 175 Å². The highest BCUT2D eigenvalue weighted by molar-refractivity contribution is 7.16. The maximum absolute atomic E-state index is 12.6. The predicted octanol–water partition coefficient (Wildman–Crippen LogP) is 2.45. The van der Waals surface area contributed by atoms with Crippen molar-refractivity contribution in [2.24, 2.45) is 0 Å². The van der Waals surface area contributed by atoms with Gasteiger partial charge in [0.15, 0.2) is 12.4 Å². The first kappa shape index (κ1) is 19.5. The highest BCUT2D eigenvalue weighted by Gasteiger charge is 2.19. The number of nitrogens with zero attached hydrogens (tertiary/aromatic N) is 6. The minimum absolute atomic E-state index is 0.193. The van der Waals surface area contributed by atoms with Crippen LogP contribution in [-0.4, -0.2) is 49.0 Å². The van der Waals surface area contributed by atoms with E-state index in [1.54, 1.807) is 18.3 Å². The number of carbonyl (C=O) groups excluding carboxylic acids is 2. The Bertz CT molecular complexity index is 1200. The largest absolute Gasteiger partial charge is 0.465 e. The number of rotatable bonds is 6. The van der Waals surface area contributed by atoms with Crippen LogP contribution in [0.15, 0.2) is 48.7 Å². The summed E-state index contributed by atoms with van der Waals surface area (Å²) in [6, 6.07) is 12.7. The van der Waals surface area contributed by atoms with E-state index in [9.17, 15) is 9.59 Å². The lowest BCUT2D eigenvalue weighted by Crippen LogP contribution is -2.16. The summed E-state index contributed by atoms with van der Waals surface area (Å²) in [5.74, 6) is -0.437. The fourth-order valence-electron chi connectivity index (χ4n) is 2.73. The van der Waals surface area contributed by atoms with Crippen LogP contribution in [0.2, 0.25) is 0 Å². The summed E-state index contributed by atoms with van der Waals surface area (Å²) >= 11 is 1.29. The molecule has 0 saturated heterocycles. The van der Waals surface area contributed by atoms with Crippen LogP contribution >= 0.6 is 11.3 Å². The molecule has 10 nitrogen and oxygen atoms in total. The Kier molecular flexibility index (Phi) is 5.35. The molecule has 0 spiro atoms. The topological polar surface area (TPSA) is 117 Å². The fourth-order valence-corrected chi connectivity index (χ4v) is 3.63. The zero-order valence-electron chi connectivity index (χ0n) is 16.1. The number of thiophene rings is 1. The zero-order chi connectivity index (χ0) is 21.1. The van der Waals surface area contributed by atoms with Crippen LogP contribution in [0.1, 0.15) is 25.7 Å². The van der Waals surface area contributed by atoms with Crippen molar-refractivity contribution < 1.29 is 14.3 Å². The number of carbonyl (C=O) groups is 2. The van der Waals surface area contributed by atoms with Gasteiger partial charge in [0, 0.05) is 16.6 Å². The Morgan fingerprint density at radius 2 is 1.97 bits per heavy atom. The number of aromatic nitrogens is 6. The number of ether oxygens (including phenoxy) is 1. The molecule has 0 unspecified atom stereocenters. The van der Waals surface area contributed by atoms with Gasteiger partial charge in [-0.15, -0.1) is 26.3 Å². The molecular formula is C19H17N7O3S. The second-order valence-corrected chi connectivity index (χ2v) is 7.54. The smallest absolute Gasteiger partial charge is 0.340 e. The second-order valence-electron chi connectivity index (χ2n) is 6.28. The van der Waals surface area contributed by atoms with E-state index in [4.69, 9.17) is 4.74 Å². The molecule has 3 heterocycles. The third kappa shape index (κ3) is 4.10. The first-order valence-corrected chi connectivity index (χ1v) is 9.72. The second kappa shape index (κ2) is 8.25. The third-order valence-corrected chi connectivity index (χ3v) is 5.08. The van der Waals surface area contributed by atoms with E-state index in [1.807, 2.05) is 37.3 Å². The number of aryl methyl sites for hydroxylation is 1. The van der Waals surface area contributed by atoms with Gasteiger partial charge in [0.2, 0.25) is 5.82 Å². The Balaban J connectivity index is 1.45. The molecule has 30 heavy (non-hydrogen) atoms. The number of hydrogen-bond acceptors (Lipinski definition) is 8. The summed E-state index contributed by atoms with van der Waals surface area (Å²) in [6.45, 7) is 2.04. The van der Waals surface area contributed by atoms with E-state index in [0.29, 0.717) is 16.4 Å². The van der Waals surface area contributed by atoms with Crippen LogP contribution < -0.4 is 5.32 Å². The van der Waals surface area contributed by atoms with Crippen molar-refractivity contribution >= 4 is 28.2 Å². The quantitative estimate of drug-likeness (QED) is 0.473. The standard InChI is InChI=1S/C19H17N7O3S/c1-12-10-14(19(28)29-2)18(30-12)20-17(27)15-8-9-25(22-15)11-26-23-16(21-24-26)13-6-4-3-5-7-13/h3-10H,11H2,1-2H3,(H,20,27). The zero-order valence-corrected chi connectivity index (χ0v) is 17.0. The number of nitrogens with one attached hydrogen (secondary N) is 1. The van der Waals surface area contributed by atoms with E-state index in [2.05, 4.69) is 25.8 Å². The monoisotopic (exact) mass is 423 g/mol. The van der Waals surface area contributed by atoms with Crippen LogP contribution in [0, 0.1) is 6.92 Å². The highest BCUT2D eigenvalue weighted by atomic mass is 32.1. The fraction of sp³-hybridized carbons (Fsp3) is 0.158. The summed E-state index contributed by atoms with van der Waals surface area (Å²) in [7, 11) is 1.30. The van der Waals surface area contributed by atoms with Crippen LogP contribution in [0.4, 0.5) is 5.00 Å². The molecule has 1 amide bonds. The van der Waals surface area contributed by atoms with Crippen molar-refractivity contribution in [3.05, 3.63) is 64.8 Å². The predicted molar refractivity (Wildman–Crippen MR) is 109 cm³/mol. The number of anilines is 1. The first-order valence-electron chi connectivity index (χ1n) is 8.90. The van der Waals surface area contributed by atoms with Gasteiger partial charge in [-0.1, -0.05) is 30.3 Å². The van der Waals surface area contributed by atoms with Crippen molar-refractivity contribution in [2.45, 2.75) is 13.6 Å². The van der Waals surface area contributed by atoms with Gasteiger partial charge in [0.25, 0.3) is 5.91 Å². The van der Waals surface area contributed by atoms with Gasteiger partial charge in [0.1, 0.15) is 5.00 Å². The average molecular weight is 423 g/mol. The average Bonchev–Trinajstić information content (AvgIpc) is 3.49. The molecular weight excluding hydrogens is 406 g/mol. The van der Waals surface area contributed by atoms with Gasteiger partial charge in [-0.05, 0) is 24.3 Å². The minimum Gasteiger partial charge on any atom is -0.465 e. The number of methoxy groups -OCH3 is 1. The summed E-state index contributed by atoms with van der Waals surface area (Å²) in [5.41, 5.74) is 1.37. The molecule has 0 bridgehead atoms. The van der Waals surface area contributed by atoms with Gasteiger partial charge in [0.05, 0.1) is 12.7 Å². The molecule has 0 aliphatic heterocycles. The molecule has 0 aliphatic rings. The summed E-state index contributed by atoms with van der Waals surface area (Å²) in [4.78, 5) is 26.7. The molecule has 0 aliphatic carbocycles. The van der Waals surface area contributed by atoms with E-state index in [1.165, 1.54) is 27.9 Å². The first-order chi connectivity index (χ1) is 14.5.